The van der Waals surface area contributed by atoms with Gasteiger partial charge in [-0.15, -0.1) is 0 Å². The first-order chi connectivity index (χ1) is 16.7. The van der Waals surface area contributed by atoms with Crippen LogP contribution < -0.4 is 5.46 Å². The maximum Gasteiger partial charge on any atom is 0.494 e. The van der Waals surface area contributed by atoms with Crippen LogP contribution in [-0.2, 0) is 9.31 Å². The van der Waals surface area contributed by atoms with Gasteiger partial charge in [0.1, 0.15) is 5.58 Å². The van der Waals surface area contributed by atoms with E-state index in [-0.39, 0.29) is 11.2 Å². The van der Waals surface area contributed by atoms with Gasteiger partial charge >= 0.3 is 7.12 Å². The minimum Gasteiger partial charge on any atom is -0.454 e. The predicted molar refractivity (Wildman–Crippen MR) is 146 cm³/mol. The molecule has 0 bridgehead atoms. The van der Waals surface area contributed by atoms with Crippen LogP contribution in [0.25, 0.3) is 44.6 Å². The second-order valence-electron chi connectivity index (χ2n) is 10.5. The van der Waals surface area contributed by atoms with Crippen molar-refractivity contribution >= 4 is 51.5 Å². The second kappa shape index (κ2) is 7.61. The number of nitrogens with zero attached hydrogens (tertiary/aromatic N) is 1. The molecule has 0 unspecified atom stereocenters. The molecule has 1 saturated heterocycles. The minimum atomic E-state index is -0.406. The Balaban J connectivity index is 1.55. The molecule has 0 radical (unpaired) electrons. The number of para-hydroxylation sites is 2. The molecule has 6 rings (SSSR count). The topological polar surface area (TPSA) is 36.5 Å². The van der Waals surface area contributed by atoms with E-state index in [1.54, 1.807) is 0 Å². The zero-order chi connectivity index (χ0) is 24.5. The van der Waals surface area contributed by atoms with Gasteiger partial charge in [0.2, 0.25) is 0 Å². The van der Waals surface area contributed by atoms with Crippen molar-refractivity contribution in [2.45, 2.75) is 52.7 Å². The van der Waals surface area contributed by atoms with Crippen molar-refractivity contribution in [2.75, 3.05) is 0 Å². The molecule has 5 aromatic rings. The van der Waals surface area contributed by atoms with Gasteiger partial charge in [0.05, 0.1) is 22.4 Å². The predicted octanol–water partition coefficient (Wildman–Crippen LogP) is 7.17. The van der Waals surface area contributed by atoms with Crippen molar-refractivity contribution in [3.63, 3.8) is 0 Å². The lowest BCUT2D eigenvalue weighted by atomic mass is 9.78. The van der Waals surface area contributed by atoms with Crippen molar-refractivity contribution in [3.05, 3.63) is 78.0 Å². The zero-order valence-corrected chi connectivity index (χ0v) is 21.2. The van der Waals surface area contributed by atoms with E-state index in [1.807, 2.05) is 12.1 Å². The monoisotopic (exact) mass is 463 g/mol. The van der Waals surface area contributed by atoms with E-state index >= 15 is 0 Å². The highest BCUT2D eigenvalue weighted by molar-refractivity contribution is 6.62. The van der Waals surface area contributed by atoms with Gasteiger partial charge in [-0.1, -0.05) is 54.6 Å². The summed E-state index contributed by atoms with van der Waals surface area (Å²) in [5.41, 5.74) is 6.62. The maximum atomic E-state index is 6.49. The van der Waals surface area contributed by atoms with Crippen molar-refractivity contribution in [1.29, 1.82) is 0 Å². The summed E-state index contributed by atoms with van der Waals surface area (Å²) in [5.74, 6) is 0. The van der Waals surface area contributed by atoms with Crippen LogP contribution in [-0.4, -0.2) is 22.9 Å². The first-order valence-corrected chi connectivity index (χ1v) is 12.3. The molecule has 0 aliphatic carbocycles. The van der Waals surface area contributed by atoms with Crippen molar-refractivity contribution in [2.24, 2.45) is 0 Å². The standard InChI is InChI=1S/C30H30BNO3/c1-7-11-21-19(2)32(25-14-9-8-12-22(21)25)26-15-10-13-23-24-18-20(16-17-27(24)33-28(23)26)31-34-29(3,4)30(5,6)35-31/h7-18H,1-6H3/b11-7-. The van der Waals surface area contributed by atoms with Gasteiger partial charge in [-0.25, -0.2) is 0 Å². The molecule has 0 atom stereocenters. The third kappa shape index (κ3) is 3.22. The normalized spacial score (nSPS) is 17.5. The van der Waals surface area contributed by atoms with Crippen LogP contribution in [0, 0.1) is 6.92 Å². The number of hydrogen-bond acceptors (Lipinski definition) is 3. The van der Waals surface area contributed by atoms with Crippen LogP contribution in [0.5, 0.6) is 0 Å². The number of allylic oxidation sites excluding steroid dienone is 1. The van der Waals surface area contributed by atoms with Gasteiger partial charge in [0.15, 0.2) is 5.58 Å². The highest BCUT2D eigenvalue weighted by Gasteiger charge is 2.51. The van der Waals surface area contributed by atoms with Gasteiger partial charge in [-0.3, -0.25) is 0 Å². The summed E-state index contributed by atoms with van der Waals surface area (Å²) in [6.07, 6.45) is 4.28. The van der Waals surface area contributed by atoms with Crippen LogP contribution in [0.2, 0.25) is 0 Å². The summed E-state index contributed by atoms with van der Waals surface area (Å²) in [7, 11) is -0.406. The van der Waals surface area contributed by atoms with E-state index < -0.39 is 7.12 Å². The lowest BCUT2D eigenvalue weighted by molar-refractivity contribution is 0.00578. The van der Waals surface area contributed by atoms with Crippen LogP contribution in [0.3, 0.4) is 0 Å². The third-order valence-electron chi connectivity index (χ3n) is 7.76. The number of benzene rings is 3. The molecule has 4 nitrogen and oxygen atoms in total. The number of aromatic nitrogens is 1. The summed E-state index contributed by atoms with van der Waals surface area (Å²) in [5, 5.41) is 3.39. The van der Waals surface area contributed by atoms with Crippen LogP contribution in [0.1, 0.15) is 45.9 Å². The smallest absolute Gasteiger partial charge is 0.454 e. The zero-order valence-electron chi connectivity index (χ0n) is 21.2. The van der Waals surface area contributed by atoms with E-state index in [0.717, 1.165) is 33.1 Å². The number of rotatable bonds is 3. The minimum absolute atomic E-state index is 0.379. The summed E-state index contributed by atoms with van der Waals surface area (Å²) in [4.78, 5) is 0. The first-order valence-electron chi connectivity index (χ1n) is 12.3. The molecule has 1 aliphatic rings. The highest BCUT2D eigenvalue weighted by atomic mass is 16.7. The summed E-state index contributed by atoms with van der Waals surface area (Å²) < 4.78 is 21.4. The van der Waals surface area contributed by atoms with E-state index in [0.29, 0.717) is 0 Å². The number of fused-ring (bicyclic) bond motifs is 4. The molecule has 5 heteroatoms. The van der Waals surface area contributed by atoms with Gasteiger partial charge in [-0.2, -0.15) is 0 Å². The Hall–Kier alpha value is -3.28. The molecule has 3 aromatic carbocycles. The Morgan fingerprint density at radius 2 is 1.54 bits per heavy atom. The van der Waals surface area contributed by atoms with Gasteiger partial charge in [-0.05, 0) is 65.2 Å². The molecule has 0 amide bonds. The highest BCUT2D eigenvalue weighted by Crippen LogP contribution is 2.39. The Kier molecular flexibility index (Phi) is 4.83. The molecule has 0 N–H and O–H groups in total. The van der Waals surface area contributed by atoms with Gasteiger partial charge in [0.25, 0.3) is 0 Å². The second-order valence-corrected chi connectivity index (χ2v) is 10.5. The van der Waals surface area contributed by atoms with Gasteiger partial charge < -0.3 is 18.3 Å². The van der Waals surface area contributed by atoms with Crippen molar-refractivity contribution < 1.29 is 13.7 Å². The number of hydrogen-bond donors (Lipinski definition) is 0. The Labute approximate surface area is 206 Å². The van der Waals surface area contributed by atoms with Gasteiger partial charge in [0, 0.05) is 27.4 Å². The van der Waals surface area contributed by atoms with E-state index in [4.69, 9.17) is 13.7 Å². The van der Waals surface area contributed by atoms with Crippen LogP contribution in [0.4, 0.5) is 0 Å². The summed E-state index contributed by atoms with van der Waals surface area (Å²) >= 11 is 0. The largest absolute Gasteiger partial charge is 0.494 e. The lowest BCUT2D eigenvalue weighted by Crippen LogP contribution is -2.41. The molecular formula is C30H30BNO3. The fourth-order valence-corrected chi connectivity index (χ4v) is 5.18. The molecule has 1 fully saturated rings. The molecule has 0 spiro atoms. The average molecular weight is 463 g/mol. The van der Waals surface area contributed by atoms with E-state index in [2.05, 4.69) is 107 Å². The fraction of sp³-hybridized carbons (Fsp3) is 0.267. The number of furan rings is 1. The molecule has 3 heterocycles. The Bertz CT molecular complexity index is 1620. The summed E-state index contributed by atoms with van der Waals surface area (Å²) in [6.45, 7) is 12.6. The molecule has 2 aromatic heterocycles. The molecule has 0 saturated carbocycles. The van der Waals surface area contributed by atoms with E-state index in [1.165, 1.54) is 22.2 Å². The SMILES string of the molecule is C/C=C\c1c(C)n(-c2cccc3c2oc2ccc(B4OC(C)(C)C(C)(C)O4)cc23)c2ccccc12. The average Bonchev–Trinajstić information content (AvgIpc) is 3.41. The molecule has 35 heavy (non-hydrogen) atoms. The maximum absolute atomic E-state index is 6.49. The molecular weight excluding hydrogens is 433 g/mol. The Morgan fingerprint density at radius 1 is 0.829 bits per heavy atom. The quantitative estimate of drug-likeness (QED) is 0.266. The van der Waals surface area contributed by atoms with Crippen LogP contribution >= 0.6 is 0 Å². The molecule has 1 aliphatic heterocycles. The summed E-state index contributed by atoms with van der Waals surface area (Å²) in [6, 6.07) is 21.2. The first kappa shape index (κ1) is 22.2. The van der Waals surface area contributed by atoms with Crippen molar-refractivity contribution in [3.8, 4) is 5.69 Å². The third-order valence-corrected chi connectivity index (χ3v) is 7.76. The van der Waals surface area contributed by atoms with Crippen LogP contribution in [0.15, 0.2) is 71.2 Å². The van der Waals surface area contributed by atoms with Crippen molar-refractivity contribution in [1.82, 2.24) is 4.57 Å². The fourth-order valence-electron chi connectivity index (χ4n) is 5.18. The lowest BCUT2D eigenvalue weighted by Gasteiger charge is -2.32. The molecule has 176 valence electrons. The van der Waals surface area contributed by atoms with E-state index in [9.17, 15) is 0 Å². The Morgan fingerprint density at radius 3 is 2.29 bits per heavy atom.